The van der Waals surface area contributed by atoms with Crippen LogP contribution < -0.4 is 0 Å². The van der Waals surface area contributed by atoms with Crippen LogP contribution in [0, 0.1) is 28.6 Å². The molecule has 0 N–H and O–H groups in total. The Balaban J connectivity index is 3.08. The number of carbonyl (C=O) groups excluding carboxylic acids is 2. The molecule has 1 heterocycles. The van der Waals surface area contributed by atoms with Crippen LogP contribution in [0.25, 0.3) is 0 Å². The fourth-order valence-corrected chi connectivity index (χ4v) is 2.42. The number of carbonyl (C=O) groups is 2. The molecule has 106 valence electrons. The molecule has 0 aromatic heterocycles. The lowest BCUT2D eigenvalue weighted by Crippen LogP contribution is -2.52. The van der Waals surface area contributed by atoms with Gasteiger partial charge in [-0.05, 0) is 24.7 Å². The Morgan fingerprint density at radius 2 is 1.89 bits per heavy atom. The second-order valence-electron chi connectivity index (χ2n) is 7.03. The van der Waals surface area contributed by atoms with E-state index >= 15 is 0 Å². The van der Waals surface area contributed by atoms with Crippen LogP contribution in [0.2, 0.25) is 0 Å². The number of ketones is 1. The molecule has 19 heavy (non-hydrogen) atoms. The monoisotopic (exact) mass is 264 g/mol. The average Bonchev–Trinajstić information content (AvgIpc) is 2.45. The summed E-state index contributed by atoms with van der Waals surface area (Å²) in [5, 5.41) is 9.05. The minimum Gasteiger partial charge on any atom is -0.328 e. The quantitative estimate of drug-likeness (QED) is 0.735. The fourth-order valence-electron chi connectivity index (χ4n) is 2.42. The molecule has 0 aromatic carbocycles. The second-order valence-corrected chi connectivity index (χ2v) is 7.03. The van der Waals surface area contributed by atoms with Crippen molar-refractivity contribution in [3.05, 3.63) is 0 Å². The van der Waals surface area contributed by atoms with Crippen molar-refractivity contribution in [1.82, 2.24) is 4.90 Å². The van der Waals surface area contributed by atoms with Crippen LogP contribution in [0.5, 0.6) is 0 Å². The number of rotatable bonds is 3. The van der Waals surface area contributed by atoms with Gasteiger partial charge in [0.2, 0.25) is 5.91 Å². The number of hydrogen-bond donors (Lipinski definition) is 0. The van der Waals surface area contributed by atoms with E-state index in [1.54, 1.807) is 11.8 Å². The van der Waals surface area contributed by atoms with Crippen molar-refractivity contribution in [3.8, 4) is 6.07 Å². The van der Waals surface area contributed by atoms with Crippen molar-refractivity contribution in [2.75, 3.05) is 6.54 Å². The normalized spacial score (nSPS) is 28.1. The van der Waals surface area contributed by atoms with Crippen LogP contribution in [0.3, 0.4) is 0 Å². The van der Waals surface area contributed by atoms with E-state index in [4.69, 9.17) is 5.26 Å². The van der Waals surface area contributed by atoms with E-state index in [1.165, 1.54) is 0 Å². The van der Waals surface area contributed by atoms with Gasteiger partial charge in [0.05, 0.1) is 6.07 Å². The molecule has 1 fully saturated rings. The number of nitriles is 1. The fraction of sp³-hybridized carbons (Fsp3) is 0.800. The first-order valence-electron chi connectivity index (χ1n) is 6.81. The molecule has 2 unspecified atom stereocenters. The van der Waals surface area contributed by atoms with Crippen molar-refractivity contribution in [3.63, 3.8) is 0 Å². The van der Waals surface area contributed by atoms with E-state index < -0.39 is 11.5 Å². The first-order valence-corrected chi connectivity index (χ1v) is 6.81. The van der Waals surface area contributed by atoms with Crippen molar-refractivity contribution >= 4 is 11.7 Å². The lowest BCUT2D eigenvalue weighted by molar-refractivity contribution is -0.134. The van der Waals surface area contributed by atoms with E-state index in [1.807, 2.05) is 19.9 Å². The van der Waals surface area contributed by atoms with Crippen molar-refractivity contribution in [2.24, 2.45) is 17.3 Å². The maximum absolute atomic E-state index is 12.4. The van der Waals surface area contributed by atoms with Gasteiger partial charge in [0, 0.05) is 6.54 Å². The van der Waals surface area contributed by atoms with Crippen molar-refractivity contribution < 1.29 is 9.59 Å². The van der Waals surface area contributed by atoms with Gasteiger partial charge in [-0.2, -0.15) is 5.26 Å². The van der Waals surface area contributed by atoms with E-state index in [-0.39, 0.29) is 23.0 Å². The summed E-state index contributed by atoms with van der Waals surface area (Å²) in [7, 11) is 0. The summed E-state index contributed by atoms with van der Waals surface area (Å²) in [6.45, 7) is 12.5. The smallest absolute Gasteiger partial charge is 0.248 e. The Morgan fingerprint density at radius 1 is 1.37 bits per heavy atom. The van der Waals surface area contributed by atoms with Gasteiger partial charge in [-0.25, -0.2) is 0 Å². The average molecular weight is 264 g/mol. The summed E-state index contributed by atoms with van der Waals surface area (Å²) in [6, 6.07) is 1.86. The highest BCUT2D eigenvalue weighted by Crippen LogP contribution is 2.37. The summed E-state index contributed by atoms with van der Waals surface area (Å²) in [5.41, 5.74) is -0.755. The predicted molar refractivity (Wildman–Crippen MR) is 73.1 cm³/mol. The third-order valence-electron chi connectivity index (χ3n) is 4.17. The third kappa shape index (κ3) is 2.65. The molecule has 0 saturated carbocycles. The molecule has 1 saturated heterocycles. The minimum atomic E-state index is -1.12. The zero-order valence-corrected chi connectivity index (χ0v) is 12.8. The van der Waals surface area contributed by atoms with E-state index in [2.05, 4.69) is 20.8 Å². The number of amides is 1. The van der Waals surface area contributed by atoms with Gasteiger partial charge >= 0.3 is 0 Å². The summed E-state index contributed by atoms with van der Waals surface area (Å²) in [5.74, 6) is -1.69. The predicted octanol–water partition coefficient (Wildman–Crippen LogP) is 2.39. The number of nitrogens with zero attached hydrogens (tertiary/aromatic N) is 2. The molecular weight excluding hydrogens is 240 g/mol. The number of Topliss-reactive ketones (excluding diaryl/α,β-unsaturated/α-hetero) is 1. The number of likely N-dealkylation sites (tertiary alicyclic amines) is 1. The van der Waals surface area contributed by atoms with Crippen LogP contribution in [-0.2, 0) is 9.59 Å². The molecule has 1 aliphatic heterocycles. The van der Waals surface area contributed by atoms with Gasteiger partial charge in [-0.3, -0.25) is 9.59 Å². The number of hydrogen-bond acceptors (Lipinski definition) is 3. The molecule has 0 aliphatic carbocycles. The zero-order chi connectivity index (χ0) is 15.0. The molecule has 1 rings (SSSR count). The Kier molecular flexibility index (Phi) is 4.09. The van der Waals surface area contributed by atoms with Gasteiger partial charge < -0.3 is 4.90 Å². The topological polar surface area (TPSA) is 61.2 Å². The van der Waals surface area contributed by atoms with Crippen LogP contribution in [0.15, 0.2) is 0 Å². The maximum atomic E-state index is 12.4. The lowest BCUT2D eigenvalue weighted by atomic mass is 9.82. The summed E-state index contributed by atoms with van der Waals surface area (Å²) in [6.07, 6.45) is 0.812. The van der Waals surface area contributed by atoms with E-state index in [0.29, 0.717) is 6.54 Å². The SMILES string of the molecule is CC(C)C1(C)C(=O)C(C#N)C(=O)N1CCC(C)(C)C. The molecule has 2 atom stereocenters. The zero-order valence-electron chi connectivity index (χ0n) is 12.8. The van der Waals surface area contributed by atoms with E-state index in [9.17, 15) is 9.59 Å². The Hall–Kier alpha value is -1.37. The molecular formula is C15H24N2O2. The Morgan fingerprint density at radius 3 is 2.26 bits per heavy atom. The largest absolute Gasteiger partial charge is 0.328 e. The molecule has 0 radical (unpaired) electrons. The van der Waals surface area contributed by atoms with Gasteiger partial charge in [0.1, 0.15) is 5.54 Å². The molecule has 4 heteroatoms. The first-order chi connectivity index (χ1) is 8.55. The van der Waals surface area contributed by atoms with Crippen molar-refractivity contribution in [1.29, 1.82) is 5.26 Å². The van der Waals surface area contributed by atoms with Gasteiger partial charge in [0.25, 0.3) is 0 Å². The van der Waals surface area contributed by atoms with E-state index in [0.717, 1.165) is 6.42 Å². The minimum absolute atomic E-state index is 0.00210. The summed E-state index contributed by atoms with van der Waals surface area (Å²) < 4.78 is 0. The highest BCUT2D eigenvalue weighted by Gasteiger charge is 2.57. The Labute approximate surface area is 115 Å². The summed E-state index contributed by atoms with van der Waals surface area (Å²) in [4.78, 5) is 26.3. The maximum Gasteiger partial charge on any atom is 0.248 e. The molecule has 0 spiro atoms. The highest BCUT2D eigenvalue weighted by molar-refractivity contribution is 6.14. The second kappa shape index (κ2) is 4.96. The van der Waals surface area contributed by atoms with Gasteiger partial charge in [-0.15, -0.1) is 0 Å². The molecule has 4 nitrogen and oxygen atoms in total. The van der Waals surface area contributed by atoms with Gasteiger partial charge in [-0.1, -0.05) is 34.6 Å². The molecule has 1 aliphatic rings. The van der Waals surface area contributed by atoms with Gasteiger partial charge in [0.15, 0.2) is 11.7 Å². The van der Waals surface area contributed by atoms with Crippen LogP contribution >= 0.6 is 0 Å². The summed E-state index contributed by atoms with van der Waals surface area (Å²) >= 11 is 0. The van der Waals surface area contributed by atoms with Crippen LogP contribution in [0.4, 0.5) is 0 Å². The highest BCUT2D eigenvalue weighted by atomic mass is 16.2. The molecule has 1 amide bonds. The lowest BCUT2D eigenvalue weighted by Gasteiger charge is -2.38. The first kappa shape index (κ1) is 15.7. The van der Waals surface area contributed by atoms with Crippen LogP contribution in [-0.4, -0.2) is 28.7 Å². The van der Waals surface area contributed by atoms with Crippen LogP contribution in [0.1, 0.15) is 48.0 Å². The molecule has 0 aromatic rings. The standard InChI is InChI=1S/C15H24N2O2/c1-10(2)15(6)12(18)11(9-16)13(19)17(15)8-7-14(3,4)5/h10-11H,7-8H2,1-6H3. The third-order valence-corrected chi connectivity index (χ3v) is 4.17. The molecule has 0 bridgehead atoms. The Bertz CT molecular complexity index is 428. The van der Waals surface area contributed by atoms with Crippen molar-refractivity contribution in [2.45, 2.75) is 53.5 Å².